The van der Waals surface area contributed by atoms with Gasteiger partial charge in [0.2, 0.25) is 0 Å². The Labute approximate surface area is 92.1 Å². The average molecular weight is 204 g/mol. The van der Waals surface area contributed by atoms with E-state index >= 15 is 0 Å². The predicted molar refractivity (Wildman–Crippen MR) is 63.0 cm³/mol. The zero-order valence-electron chi connectivity index (χ0n) is 9.66. The number of hydrogen-bond acceptors (Lipinski definition) is 2. The molecule has 0 amide bonds. The molecule has 2 nitrogen and oxygen atoms in total. The molecule has 1 aliphatic heterocycles. The lowest BCUT2D eigenvalue weighted by Crippen LogP contribution is -2.30. The zero-order chi connectivity index (χ0) is 10.7. The van der Waals surface area contributed by atoms with Crippen molar-refractivity contribution in [1.29, 1.82) is 0 Å². The topological polar surface area (TPSA) is 24.9 Å². The number of pyridine rings is 1. The van der Waals surface area contributed by atoms with Gasteiger partial charge >= 0.3 is 0 Å². The maximum atomic E-state index is 4.53. The average Bonchev–Trinajstić information content (AvgIpc) is 2.30. The molecular weight excluding hydrogens is 184 g/mol. The first-order chi connectivity index (χ1) is 7.27. The second-order valence-corrected chi connectivity index (χ2v) is 4.64. The standard InChI is InChI=1S/C13H20N2/c1-10-3-4-13(15-9-10)11(2)12-5-7-14-8-6-12/h3-4,9,11-12,14H,5-8H2,1-2H3. The van der Waals surface area contributed by atoms with Crippen LogP contribution >= 0.6 is 0 Å². The van der Waals surface area contributed by atoms with Crippen LogP contribution in [0.3, 0.4) is 0 Å². The van der Waals surface area contributed by atoms with Gasteiger partial charge in [-0.15, -0.1) is 0 Å². The normalized spacial score (nSPS) is 20.1. The molecule has 1 aromatic heterocycles. The number of aryl methyl sites for hydroxylation is 1. The fourth-order valence-corrected chi connectivity index (χ4v) is 2.33. The SMILES string of the molecule is Cc1ccc(C(C)C2CCNCC2)nc1. The largest absolute Gasteiger partial charge is 0.317 e. The third-order valence-corrected chi connectivity index (χ3v) is 3.49. The van der Waals surface area contributed by atoms with Gasteiger partial charge in [0.25, 0.3) is 0 Å². The molecule has 0 bridgehead atoms. The van der Waals surface area contributed by atoms with Gasteiger partial charge in [-0.3, -0.25) is 4.98 Å². The zero-order valence-corrected chi connectivity index (χ0v) is 9.66. The Hall–Kier alpha value is -0.890. The molecule has 15 heavy (non-hydrogen) atoms. The molecule has 0 aliphatic carbocycles. The molecule has 1 fully saturated rings. The number of rotatable bonds is 2. The molecule has 0 aromatic carbocycles. The summed E-state index contributed by atoms with van der Waals surface area (Å²) in [4.78, 5) is 4.53. The lowest BCUT2D eigenvalue weighted by Gasteiger charge is -2.27. The van der Waals surface area contributed by atoms with Crippen molar-refractivity contribution < 1.29 is 0 Å². The molecule has 2 rings (SSSR count). The van der Waals surface area contributed by atoms with Crippen LogP contribution in [0.2, 0.25) is 0 Å². The summed E-state index contributed by atoms with van der Waals surface area (Å²) in [5.41, 5.74) is 2.50. The summed E-state index contributed by atoms with van der Waals surface area (Å²) in [7, 11) is 0. The lowest BCUT2D eigenvalue weighted by molar-refractivity contribution is 0.327. The van der Waals surface area contributed by atoms with Gasteiger partial charge in [0.1, 0.15) is 0 Å². The summed E-state index contributed by atoms with van der Waals surface area (Å²) in [5.74, 6) is 1.41. The fraction of sp³-hybridized carbons (Fsp3) is 0.615. The Balaban J connectivity index is 2.05. The van der Waals surface area contributed by atoms with Gasteiger partial charge in [-0.05, 0) is 50.4 Å². The number of nitrogens with zero attached hydrogens (tertiary/aromatic N) is 1. The quantitative estimate of drug-likeness (QED) is 0.800. The van der Waals surface area contributed by atoms with E-state index in [1.807, 2.05) is 6.20 Å². The second-order valence-electron chi connectivity index (χ2n) is 4.64. The van der Waals surface area contributed by atoms with E-state index in [0.29, 0.717) is 5.92 Å². The van der Waals surface area contributed by atoms with Gasteiger partial charge in [0.05, 0.1) is 0 Å². The Morgan fingerprint density at radius 2 is 2.07 bits per heavy atom. The number of piperidine rings is 1. The molecule has 0 radical (unpaired) electrons. The van der Waals surface area contributed by atoms with Gasteiger partial charge in [-0.25, -0.2) is 0 Å². The highest BCUT2D eigenvalue weighted by Crippen LogP contribution is 2.29. The third kappa shape index (κ3) is 2.57. The van der Waals surface area contributed by atoms with E-state index in [0.717, 1.165) is 5.92 Å². The smallest absolute Gasteiger partial charge is 0.0434 e. The third-order valence-electron chi connectivity index (χ3n) is 3.49. The van der Waals surface area contributed by atoms with E-state index in [-0.39, 0.29) is 0 Å². The van der Waals surface area contributed by atoms with Crippen LogP contribution < -0.4 is 5.32 Å². The van der Waals surface area contributed by atoms with Crippen LogP contribution in [-0.4, -0.2) is 18.1 Å². The summed E-state index contributed by atoms with van der Waals surface area (Å²) in [6.45, 7) is 6.74. The molecule has 1 N–H and O–H groups in total. The van der Waals surface area contributed by atoms with Gasteiger partial charge in [-0.2, -0.15) is 0 Å². The van der Waals surface area contributed by atoms with Gasteiger partial charge in [0, 0.05) is 17.8 Å². The van der Waals surface area contributed by atoms with Crippen LogP contribution in [-0.2, 0) is 0 Å². The van der Waals surface area contributed by atoms with Crippen molar-refractivity contribution in [3.8, 4) is 0 Å². The van der Waals surface area contributed by atoms with E-state index in [1.54, 1.807) is 0 Å². The molecule has 82 valence electrons. The minimum absolute atomic E-state index is 0.604. The Bertz CT molecular complexity index is 299. The van der Waals surface area contributed by atoms with E-state index in [4.69, 9.17) is 0 Å². The fourth-order valence-electron chi connectivity index (χ4n) is 2.33. The van der Waals surface area contributed by atoms with Crippen LogP contribution in [0, 0.1) is 12.8 Å². The van der Waals surface area contributed by atoms with Gasteiger partial charge in [-0.1, -0.05) is 13.0 Å². The van der Waals surface area contributed by atoms with Gasteiger partial charge in [0.15, 0.2) is 0 Å². The lowest BCUT2D eigenvalue weighted by atomic mass is 9.84. The van der Waals surface area contributed by atoms with Crippen molar-refractivity contribution >= 4 is 0 Å². The highest BCUT2D eigenvalue weighted by molar-refractivity contribution is 5.15. The Morgan fingerprint density at radius 1 is 1.33 bits per heavy atom. The van der Waals surface area contributed by atoms with Crippen LogP contribution in [0.4, 0.5) is 0 Å². The van der Waals surface area contributed by atoms with Crippen LogP contribution in [0.5, 0.6) is 0 Å². The minimum Gasteiger partial charge on any atom is -0.317 e. The van der Waals surface area contributed by atoms with Crippen molar-refractivity contribution in [2.45, 2.75) is 32.6 Å². The Morgan fingerprint density at radius 3 is 2.67 bits per heavy atom. The molecule has 1 atom stereocenters. The molecule has 1 aromatic rings. The molecule has 2 heterocycles. The van der Waals surface area contributed by atoms with Crippen molar-refractivity contribution in [2.24, 2.45) is 5.92 Å². The number of nitrogens with one attached hydrogen (secondary N) is 1. The monoisotopic (exact) mass is 204 g/mol. The molecule has 1 unspecified atom stereocenters. The summed E-state index contributed by atoms with van der Waals surface area (Å²) in [6, 6.07) is 4.35. The maximum absolute atomic E-state index is 4.53. The number of aromatic nitrogens is 1. The summed E-state index contributed by atoms with van der Waals surface area (Å²) < 4.78 is 0. The summed E-state index contributed by atoms with van der Waals surface area (Å²) in [6.07, 6.45) is 4.56. The second kappa shape index (κ2) is 4.75. The van der Waals surface area contributed by atoms with Crippen LogP contribution in [0.25, 0.3) is 0 Å². The molecule has 0 spiro atoms. The first-order valence-corrected chi connectivity index (χ1v) is 5.90. The van der Waals surface area contributed by atoms with Crippen molar-refractivity contribution in [2.75, 3.05) is 13.1 Å². The Kier molecular flexibility index (Phi) is 3.37. The highest BCUT2D eigenvalue weighted by atomic mass is 14.9. The van der Waals surface area contributed by atoms with E-state index in [9.17, 15) is 0 Å². The molecule has 1 saturated heterocycles. The van der Waals surface area contributed by atoms with Crippen molar-refractivity contribution in [1.82, 2.24) is 10.3 Å². The van der Waals surface area contributed by atoms with E-state index < -0.39 is 0 Å². The van der Waals surface area contributed by atoms with Crippen molar-refractivity contribution in [3.63, 3.8) is 0 Å². The van der Waals surface area contributed by atoms with Crippen LogP contribution in [0.1, 0.15) is 36.9 Å². The van der Waals surface area contributed by atoms with Crippen LogP contribution in [0.15, 0.2) is 18.3 Å². The number of hydrogen-bond donors (Lipinski definition) is 1. The van der Waals surface area contributed by atoms with Crippen molar-refractivity contribution in [3.05, 3.63) is 29.6 Å². The summed E-state index contributed by atoms with van der Waals surface area (Å²) >= 11 is 0. The predicted octanol–water partition coefficient (Wildman–Crippen LogP) is 2.49. The highest BCUT2D eigenvalue weighted by Gasteiger charge is 2.21. The molecule has 1 aliphatic rings. The van der Waals surface area contributed by atoms with Gasteiger partial charge < -0.3 is 5.32 Å². The molecule has 0 saturated carbocycles. The van der Waals surface area contributed by atoms with E-state index in [1.165, 1.54) is 37.2 Å². The first-order valence-electron chi connectivity index (χ1n) is 5.90. The minimum atomic E-state index is 0.604. The molecule has 2 heteroatoms. The maximum Gasteiger partial charge on any atom is 0.0434 e. The first kappa shape index (κ1) is 10.6. The summed E-state index contributed by atoms with van der Waals surface area (Å²) in [5, 5.41) is 3.41. The molecular formula is C13H20N2. The van der Waals surface area contributed by atoms with E-state index in [2.05, 4.69) is 36.3 Å².